The Labute approximate surface area is 125 Å². The predicted octanol–water partition coefficient (Wildman–Crippen LogP) is 3.40. The molecule has 1 aliphatic heterocycles. The van der Waals surface area contributed by atoms with Crippen molar-refractivity contribution in [3.63, 3.8) is 0 Å². The molecule has 1 fully saturated rings. The van der Waals surface area contributed by atoms with Crippen molar-refractivity contribution < 1.29 is 14.3 Å². The van der Waals surface area contributed by atoms with E-state index >= 15 is 0 Å². The third-order valence-corrected chi connectivity index (χ3v) is 3.75. The number of hydrogen-bond acceptors (Lipinski definition) is 2. The SMILES string of the molecule is CC1CC(C)CN(Cc2cc(F)cc(C=CC(=O)O)c2)C1. The van der Waals surface area contributed by atoms with Gasteiger partial charge in [0.05, 0.1) is 0 Å². The van der Waals surface area contributed by atoms with Gasteiger partial charge in [-0.3, -0.25) is 4.90 Å². The first kappa shape index (κ1) is 15.7. The topological polar surface area (TPSA) is 40.5 Å². The summed E-state index contributed by atoms with van der Waals surface area (Å²) < 4.78 is 13.7. The van der Waals surface area contributed by atoms with Crippen molar-refractivity contribution in [1.82, 2.24) is 4.90 Å². The first-order chi connectivity index (χ1) is 9.92. The highest BCUT2D eigenvalue weighted by atomic mass is 19.1. The first-order valence-electron chi connectivity index (χ1n) is 7.35. The maximum Gasteiger partial charge on any atom is 0.328 e. The molecule has 1 aromatic carbocycles. The average Bonchev–Trinajstić information content (AvgIpc) is 2.34. The van der Waals surface area contributed by atoms with Crippen LogP contribution >= 0.6 is 0 Å². The summed E-state index contributed by atoms with van der Waals surface area (Å²) in [6.07, 6.45) is 3.70. The molecule has 1 N–H and O–H groups in total. The fraction of sp³-hybridized carbons (Fsp3) is 0.471. The maximum atomic E-state index is 13.7. The second-order valence-corrected chi connectivity index (χ2v) is 6.20. The van der Waals surface area contributed by atoms with Crippen LogP contribution in [0.5, 0.6) is 0 Å². The van der Waals surface area contributed by atoms with Gasteiger partial charge in [0.25, 0.3) is 0 Å². The number of piperidine rings is 1. The Balaban J connectivity index is 2.10. The molecule has 0 spiro atoms. The highest BCUT2D eigenvalue weighted by Gasteiger charge is 2.21. The normalized spacial score (nSPS) is 23.6. The molecule has 0 aromatic heterocycles. The largest absolute Gasteiger partial charge is 0.478 e. The highest BCUT2D eigenvalue weighted by molar-refractivity contribution is 5.85. The van der Waals surface area contributed by atoms with E-state index in [2.05, 4.69) is 18.7 Å². The molecule has 0 amide bonds. The maximum absolute atomic E-state index is 13.7. The fourth-order valence-electron chi connectivity index (χ4n) is 3.21. The zero-order chi connectivity index (χ0) is 15.4. The van der Waals surface area contributed by atoms with E-state index in [0.29, 0.717) is 23.9 Å². The van der Waals surface area contributed by atoms with E-state index in [9.17, 15) is 9.18 Å². The Kier molecular flexibility index (Phi) is 5.12. The molecule has 0 bridgehead atoms. The molecule has 2 rings (SSSR count). The molecule has 21 heavy (non-hydrogen) atoms. The van der Waals surface area contributed by atoms with Crippen molar-refractivity contribution in [3.8, 4) is 0 Å². The number of benzene rings is 1. The van der Waals surface area contributed by atoms with Crippen LogP contribution in [-0.4, -0.2) is 29.1 Å². The summed E-state index contributed by atoms with van der Waals surface area (Å²) in [7, 11) is 0. The number of aliphatic carboxylic acids is 1. The molecular formula is C17H22FNO2. The molecule has 1 heterocycles. The number of carboxylic acid groups (broad SMARTS) is 1. The summed E-state index contributed by atoms with van der Waals surface area (Å²) >= 11 is 0. The van der Waals surface area contributed by atoms with Gasteiger partial charge in [-0.05, 0) is 47.6 Å². The van der Waals surface area contributed by atoms with Crippen LogP contribution in [0.25, 0.3) is 6.08 Å². The number of rotatable bonds is 4. The van der Waals surface area contributed by atoms with Gasteiger partial charge >= 0.3 is 5.97 Å². The lowest BCUT2D eigenvalue weighted by Gasteiger charge is -2.35. The van der Waals surface area contributed by atoms with Crippen molar-refractivity contribution >= 4 is 12.0 Å². The van der Waals surface area contributed by atoms with Gasteiger partial charge in [-0.25, -0.2) is 9.18 Å². The number of likely N-dealkylation sites (tertiary alicyclic amines) is 1. The lowest BCUT2D eigenvalue weighted by Crippen LogP contribution is -2.38. The minimum Gasteiger partial charge on any atom is -0.478 e. The van der Waals surface area contributed by atoms with Gasteiger partial charge in [0.2, 0.25) is 0 Å². The van der Waals surface area contributed by atoms with Gasteiger partial charge in [-0.15, -0.1) is 0 Å². The van der Waals surface area contributed by atoms with Crippen LogP contribution in [0, 0.1) is 17.7 Å². The summed E-state index contributed by atoms with van der Waals surface area (Å²) in [5.74, 6) is -0.0301. The molecule has 114 valence electrons. The summed E-state index contributed by atoms with van der Waals surface area (Å²) in [6, 6.07) is 4.74. The Bertz CT molecular complexity index is 532. The number of hydrogen-bond donors (Lipinski definition) is 1. The number of carboxylic acids is 1. The van der Waals surface area contributed by atoms with Crippen LogP contribution in [0.3, 0.4) is 0 Å². The summed E-state index contributed by atoms with van der Waals surface area (Å²) in [5.41, 5.74) is 1.48. The number of nitrogens with zero attached hydrogens (tertiary/aromatic N) is 1. The van der Waals surface area contributed by atoms with E-state index < -0.39 is 5.97 Å². The minimum atomic E-state index is -1.03. The van der Waals surface area contributed by atoms with Gasteiger partial charge in [-0.2, -0.15) is 0 Å². The van der Waals surface area contributed by atoms with Crippen LogP contribution in [0.1, 0.15) is 31.4 Å². The van der Waals surface area contributed by atoms with Gasteiger partial charge in [0, 0.05) is 25.7 Å². The van der Waals surface area contributed by atoms with Crippen molar-refractivity contribution in [2.75, 3.05) is 13.1 Å². The first-order valence-corrected chi connectivity index (χ1v) is 7.35. The van der Waals surface area contributed by atoms with E-state index in [4.69, 9.17) is 5.11 Å². The number of halogens is 1. The molecule has 4 heteroatoms. The van der Waals surface area contributed by atoms with Gasteiger partial charge in [0.1, 0.15) is 5.82 Å². The molecule has 0 saturated carbocycles. The molecule has 2 unspecified atom stereocenters. The Hall–Kier alpha value is -1.68. The second kappa shape index (κ2) is 6.85. The third-order valence-electron chi connectivity index (χ3n) is 3.75. The molecule has 2 atom stereocenters. The predicted molar refractivity (Wildman–Crippen MR) is 81.3 cm³/mol. The smallest absolute Gasteiger partial charge is 0.328 e. The van der Waals surface area contributed by atoms with Gasteiger partial charge in [0.15, 0.2) is 0 Å². The van der Waals surface area contributed by atoms with Crippen molar-refractivity contribution in [3.05, 3.63) is 41.2 Å². The van der Waals surface area contributed by atoms with Crippen LogP contribution in [-0.2, 0) is 11.3 Å². The zero-order valence-electron chi connectivity index (χ0n) is 12.6. The van der Waals surface area contributed by atoms with E-state index in [0.717, 1.165) is 24.7 Å². The van der Waals surface area contributed by atoms with Crippen molar-refractivity contribution in [2.45, 2.75) is 26.8 Å². The monoisotopic (exact) mass is 291 g/mol. The van der Waals surface area contributed by atoms with Crippen LogP contribution < -0.4 is 0 Å². The van der Waals surface area contributed by atoms with Gasteiger partial charge in [-0.1, -0.05) is 19.9 Å². The van der Waals surface area contributed by atoms with Gasteiger partial charge < -0.3 is 5.11 Å². The molecular weight excluding hydrogens is 269 g/mol. The standard InChI is InChI=1S/C17H22FNO2/c1-12-5-13(2)10-19(9-12)11-15-6-14(3-4-17(20)21)7-16(18)8-15/h3-4,6-8,12-13H,5,9-11H2,1-2H3,(H,20,21). The summed E-state index contributed by atoms with van der Waals surface area (Å²) in [6.45, 7) is 7.26. The van der Waals surface area contributed by atoms with Crippen molar-refractivity contribution in [1.29, 1.82) is 0 Å². The summed E-state index contributed by atoms with van der Waals surface area (Å²) in [5, 5.41) is 8.64. The highest BCUT2D eigenvalue weighted by Crippen LogP contribution is 2.23. The van der Waals surface area contributed by atoms with E-state index in [-0.39, 0.29) is 5.82 Å². The molecule has 0 aliphatic carbocycles. The lowest BCUT2D eigenvalue weighted by atomic mass is 9.91. The minimum absolute atomic E-state index is 0.323. The second-order valence-electron chi connectivity index (χ2n) is 6.20. The summed E-state index contributed by atoms with van der Waals surface area (Å²) in [4.78, 5) is 12.9. The lowest BCUT2D eigenvalue weighted by molar-refractivity contribution is -0.131. The Morgan fingerprint density at radius 1 is 1.33 bits per heavy atom. The quantitative estimate of drug-likeness (QED) is 0.864. The van der Waals surface area contributed by atoms with Crippen molar-refractivity contribution in [2.24, 2.45) is 11.8 Å². The molecule has 3 nitrogen and oxygen atoms in total. The van der Waals surface area contributed by atoms with Crippen LogP contribution in [0.2, 0.25) is 0 Å². The fourth-order valence-corrected chi connectivity index (χ4v) is 3.21. The molecule has 1 saturated heterocycles. The van der Waals surface area contributed by atoms with E-state index in [1.54, 1.807) is 0 Å². The Morgan fingerprint density at radius 3 is 2.62 bits per heavy atom. The molecule has 1 aliphatic rings. The van der Waals surface area contributed by atoms with Crippen LogP contribution in [0.4, 0.5) is 4.39 Å². The van der Waals surface area contributed by atoms with E-state index in [1.807, 2.05) is 6.07 Å². The third kappa shape index (κ3) is 4.97. The average molecular weight is 291 g/mol. The van der Waals surface area contributed by atoms with Crippen LogP contribution in [0.15, 0.2) is 24.3 Å². The van der Waals surface area contributed by atoms with E-state index in [1.165, 1.54) is 24.6 Å². The number of carbonyl (C=O) groups is 1. The zero-order valence-corrected chi connectivity index (χ0v) is 12.6. The molecule has 1 aromatic rings. The molecule has 0 radical (unpaired) electrons. The Morgan fingerprint density at radius 2 is 2.00 bits per heavy atom.